The minimum atomic E-state index is -0.107. The van der Waals surface area contributed by atoms with Gasteiger partial charge in [0, 0.05) is 24.4 Å². The van der Waals surface area contributed by atoms with E-state index < -0.39 is 0 Å². The van der Waals surface area contributed by atoms with Gasteiger partial charge in [-0.15, -0.1) is 10.2 Å². The lowest BCUT2D eigenvalue weighted by Crippen LogP contribution is -2.14. The Morgan fingerprint density at radius 1 is 1.43 bits per heavy atom. The molecule has 0 saturated heterocycles. The molecule has 1 heterocycles. The highest BCUT2D eigenvalue weighted by molar-refractivity contribution is 8.01. The summed E-state index contributed by atoms with van der Waals surface area (Å²) in [5.41, 5.74) is 1.58. The van der Waals surface area contributed by atoms with Crippen LogP contribution in [0.2, 0.25) is 5.02 Å². The van der Waals surface area contributed by atoms with Crippen LogP contribution < -0.4 is 10.6 Å². The van der Waals surface area contributed by atoms with Gasteiger partial charge in [0.1, 0.15) is 0 Å². The van der Waals surface area contributed by atoms with Gasteiger partial charge in [-0.3, -0.25) is 4.79 Å². The van der Waals surface area contributed by atoms with Crippen molar-refractivity contribution in [2.24, 2.45) is 0 Å². The summed E-state index contributed by atoms with van der Waals surface area (Å²) in [6, 6.07) is 5.42. The Hall–Kier alpha value is -1.35. The van der Waals surface area contributed by atoms with Crippen LogP contribution in [0.3, 0.4) is 0 Å². The lowest BCUT2D eigenvalue weighted by atomic mass is 10.2. The van der Waals surface area contributed by atoms with Crippen LogP contribution >= 0.6 is 34.7 Å². The zero-order chi connectivity index (χ0) is 16.7. The molecular formula is C14H17ClN4O2S2. The lowest BCUT2D eigenvalue weighted by Gasteiger charge is -2.08. The van der Waals surface area contributed by atoms with E-state index in [9.17, 15) is 4.79 Å². The Morgan fingerprint density at radius 2 is 2.26 bits per heavy atom. The number of halogens is 1. The van der Waals surface area contributed by atoms with E-state index in [1.807, 2.05) is 13.0 Å². The highest BCUT2D eigenvalue weighted by atomic mass is 35.5. The quantitative estimate of drug-likeness (QED) is 0.547. The van der Waals surface area contributed by atoms with Crippen LogP contribution in [-0.2, 0) is 9.53 Å². The van der Waals surface area contributed by atoms with Crippen LogP contribution in [-0.4, -0.2) is 42.1 Å². The van der Waals surface area contributed by atoms with E-state index in [1.54, 1.807) is 19.2 Å². The third-order valence-electron chi connectivity index (χ3n) is 2.86. The summed E-state index contributed by atoms with van der Waals surface area (Å²) in [4.78, 5) is 12.0. The fourth-order valence-electron chi connectivity index (χ4n) is 1.66. The van der Waals surface area contributed by atoms with E-state index in [0.29, 0.717) is 18.2 Å². The molecule has 23 heavy (non-hydrogen) atoms. The van der Waals surface area contributed by atoms with Crippen molar-refractivity contribution in [1.29, 1.82) is 0 Å². The summed E-state index contributed by atoms with van der Waals surface area (Å²) in [5, 5.41) is 15.3. The monoisotopic (exact) mass is 372 g/mol. The molecule has 0 saturated carbocycles. The van der Waals surface area contributed by atoms with Crippen LogP contribution in [0.4, 0.5) is 10.8 Å². The number of carbonyl (C=O) groups excluding carboxylic acids is 1. The van der Waals surface area contributed by atoms with E-state index in [0.717, 1.165) is 20.7 Å². The van der Waals surface area contributed by atoms with Gasteiger partial charge < -0.3 is 15.4 Å². The predicted molar refractivity (Wildman–Crippen MR) is 95.8 cm³/mol. The molecule has 6 nitrogen and oxygen atoms in total. The minimum absolute atomic E-state index is 0.107. The number of hydrogen-bond acceptors (Lipinski definition) is 7. The Bertz CT molecular complexity index is 666. The maximum Gasteiger partial charge on any atom is 0.234 e. The molecule has 0 unspecified atom stereocenters. The molecule has 1 amide bonds. The molecule has 0 aliphatic carbocycles. The van der Waals surface area contributed by atoms with E-state index in [2.05, 4.69) is 20.8 Å². The van der Waals surface area contributed by atoms with Gasteiger partial charge in [0.2, 0.25) is 11.0 Å². The van der Waals surface area contributed by atoms with E-state index in [4.69, 9.17) is 16.3 Å². The number of benzene rings is 1. The van der Waals surface area contributed by atoms with Crippen LogP contribution in [0.1, 0.15) is 5.56 Å². The number of thioether (sulfide) groups is 1. The van der Waals surface area contributed by atoms with E-state index in [1.165, 1.54) is 23.1 Å². The van der Waals surface area contributed by atoms with Crippen molar-refractivity contribution in [1.82, 2.24) is 10.2 Å². The largest absolute Gasteiger partial charge is 0.383 e. The van der Waals surface area contributed by atoms with Gasteiger partial charge in [0.05, 0.1) is 12.4 Å². The Balaban J connectivity index is 1.81. The van der Waals surface area contributed by atoms with Crippen molar-refractivity contribution in [3.05, 3.63) is 28.8 Å². The number of anilines is 2. The molecule has 0 aliphatic heterocycles. The second-order valence-corrected chi connectivity index (χ2v) is 7.15. The van der Waals surface area contributed by atoms with Gasteiger partial charge in [-0.1, -0.05) is 40.8 Å². The Morgan fingerprint density at radius 3 is 3.04 bits per heavy atom. The Labute approximate surface area is 148 Å². The maximum atomic E-state index is 12.0. The molecule has 0 fully saturated rings. The predicted octanol–water partition coefficient (Wildman–Crippen LogP) is 3.29. The average molecular weight is 373 g/mol. The maximum absolute atomic E-state index is 12.0. The third-order valence-corrected chi connectivity index (χ3v) is 5.28. The van der Waals surface area contributed by atoms with Gasteiger partial charge in [-0.05, 0) is 24.6 Å². The average Bonchev–Trinajstić information content (AvgIpc) is 2.98. The summed E-state index contributed by atoms with van der Waals surface area (Å²) < 4.78 is 5.69. The standard InChI is InChI=1S/C14H17ClN4O2S2/c1-9-10(15)4-3-5-11(9)17-12(20)8-22-14-19-18-13(23-14)16-6-7-21-2/h3-5H,6-8H2,1-2H3,(H,16,18)(H,17,20). The Kier molecular flexibility index (Phi) is 7.10. The number of rotatable bonds is 8. The molecule has 124 valence electrons. The van der Waals surface area contributed by atoms with Gasteiger partial charge in [-0.25, -0.2) is 0 Å². The highest BCUT2D eigenvalue weighted by Crippen LogP contribution is 2.26. The first-order valence-corrected chi connectivity index (χ1v) is 9.02. The second-order valence-electron chi connectivity index (χ2n) is 4.54. The minimum Gasteiger partial charge on any atom is -0.383 e. The molecule has 9 heteroatoms. The zero-order valence-corrected chi connectivity index (χ0v) is 15.1. The number of nitrogens with zero attached hydrogens (tertiary/aromatic N) is 2. The number of carbonyl (C=O) groups is 1. The topological polar surface area (TPSA) is 76.1 Å². The molecule has 0 radical (unpaired) electrons. The summed E-state index contributed by atoms with van der Waals surface area (Å²) in [6.45, 7) is 3.14. The van der Waals surface area contributed by atoms with Gasteiger partial charge in [0.25, 0.3) is 0 Å². The fraction of sp³-hybridized carbons (Fsp3) is 0.357. The summed E-state index contributed by atoms with van der Waals surface area (Å²) in [7, 11) is 1.64. The fourth-order valence-corrected chi connectivity index (χ4v) is 3.41. The zero-order valence-electron chi connectivity index (χ0n) is 12.8. The molecule has 0 aliphatic rings. The number of aromatic nitrogens is 2. The molecular weight excluding hydrogens is 356 g/mol. The molecule has 1 aromatic carbocycles. The summed E-state index contributed by atoms with van der Waals surface area (Å²) >= 11 is 8.79. The summed E-state index contributed by atoms with van der Waals surface area (Å²) in [6.07, 6.45) is 0. The van der Waals surface area contributed by atoms with Crippen molar-refractivity contribution < 1.29 is 9.53 Å². The van der Waals surface area contributed by atoms with Gasteiger partial charge in [-0.2, -0.15) is 0 Å². The molecule has 0 atom stereocenters. The first-order valence-electron chi connectivity index (χ1n) is 6.84. The summed E-state index contributed by atoms with van der Waals surface area (Å²) in [5.74, 6) is 0.156. The first kappa shape index (κ1) is 18.0. The lowest BCUT2D eigenvalue weighted by molar-refractivity contribution is -0.113. The van der Waals surface area contributed by atoms with Crippen molar-refractivity contribution >= 4 is 51.4 Å². The number of methoxy groups -OCH3 is 1. The third kappa shape index (κ3) is 5.65. The van der Waals surface area contributed by atoms with Crippen LogP contribution in [0.5, 0.6) is 0 Å². The van der Waals surface area contributed by atoms with Crippen molar-refractivity contribution in [3.8, 4) is 0 Å². The van der Waals surface area contributed by atoms with Crippen LogP contribution in [0, 0.1) is 6.92 Å². The second kappa shape index (κ2) is 9.07. The van der Waals surface area contributed by atoms with Gasteiger partial charge in [0.15, 0.2) is 4.34 Å². The molecule has 2 rings (SSSR count). The highest BCUT2D eigenvalue weighted by Gasteiger charge is 2.10. The normalized spacial score (nSPS) is 10.6. The molecule has 2 aromatic rings. The van der Waals surface area contributed by atoms with Crippen molar-refractivity contribution in [2.45, 2.75) is 11.3 Å². The van der Waals surface area contributed by atoms with Crippen molar-refractivity contribution in [2.75, 3.05) is 36.6 Å². The van der Waals surface area contributed by atoms with Gasteiger partial charge >= 0.3 is 0 Å². The molecule has 0 bridgehead atoms. The SMILES string of the molecule is COCCNc1nnc(SCC(=O)Nc2cccc(Cl)c2C)s1. The van der Waals surface area contributed by atoms with E-state index >= 15 is 0 Å². The van der Waals surface area contributed by atoms with Crippen LogP contribution in [0.25, 0.3) is 0 Å². The van der Waals surface area contributed by atoms with E-state index in [-0.39, 0.29) is 11.7 Å². The smallest absolute Gasteiger partial charge is 0.234 e. The number of hydrogen-bond donors (Lipinski definition) is 2. The van der Waals surface area contributed by atoms with Crippen LogP contribution in [0.15, 0.2) is 22.5 Å². The number of amides is 1. The molecule has 2 N–H and O–H groups in total. The number of nitrogens with one attached hydrogen (secondary N) is 2. The molecule has 1 aromatic heterocycles. The number of ether oxygens (including phenoxy) is 1. The first-order chi connectivity index (χ1) is 11.1. The van der Waals surface area contributed by atoms with Crippen molar-refractivity contribution in [3.63, 3.8) is 0 Å². The molecule has 0 spiro atoms.